The van der Waals surface area contributed by atoms with Crippen molar-refractivity contribution in [1.82, 2.24) is 4.90 Å². The lowest BCUT2D eigenvalue weighted by molar-refractivity contribution is -0.139. The zero-order valence-corrected chi connectivity index (χ0v) is 23.4. The first-order valence-electron chi connectivity index (χ1n) is 13.9. The molecule has 1 N–H and O–H groups in total. The van der Waals surface area contributed by atoms with Gasteiger partial charge in [-0.3, -0.25) is 4.79 Å². The van der Waals surface area contributed by atoms with Gasteiger partial charge in [0.15, 0.2) is 5.60 Å². The summed E-state index contributed by atoms with van der Waals surface area (Å²) in [7, 11) is 0. The quantitative estimate of drug-likeness (QED) is 0.329. The van der Waals surface area contributed by atoms with Gasteiger partial charge in [0.2, 0.25) is 5.91 Å². The maximum absolute atomic E-state index is 14.7. The van der Waals surface area contributed by atoms with E-state index in [9.17, 15) is 23.0 Å². The maximum atomic E-state index is 14.7. The Labute approximate surface area is 242 Å². The molecule has 0 radical (unpaired) electrons. The van der Waals surface area contributed by atoms with Crippen LogP contribution in [0.5, 0.6) is 11.5 Å². The number of carbonyl (C=O) groups is 1. The first kappa shape index (κ1) is 28.0. The zero-order chi connectivity index (χ0) is 30.0. The monoisotopic (exact) mass is 574 g/mol. The smallest absolute Gasteiger partial charge is 0.416 e. The maximum Gasteiger partial charge on any atom is 0.416 e. The Hall–Kier alpha value is -4.18. The summed E-state index contributed by atoms with van der Waals surface area (Å²) in [6.07, 6.45) is -4.02. The van der Waals surface area contributed by atoms with Crippen molar-refractivity contribution >= 4 is 29.7 Å². The van der Waals surface area contributed by atoms with Gasteiger partial charge in [-0.05, 0) is 37.0 Å². The molecule has 0 bridgehead atoms. The van der Waals surface area contributed by atoms with Gasteiger partial charge >= 0.3 is 13.1 Å². The van der Waals surface area contributed by atoms with E-state index in [1.165, 1.54) is 12.9 Å². The molecule has 1 spiro atoms. The average molecular weight is 574 g/mol. The highest BCUT2D eigenvalue weighted by Crippen LogP contribution is 2.60. The number of benzene rings is 3. The summed E-state index contributed by atoms with van der Waals surface area (Å²) in [6, 6.07) is 14.9. The fourth-order valence-electron chi connectivity index (χ4n) is 6.24. The number of amides is 1. The van der Waals surface area contributed by atoms with Crippen LogP contribution in [-0.2, 0) is 21.3 Å². The molecule has 6 rings (SSSR count). The minimum absolute atomic E-state index is 0.0380. The molecule has 216 valence electrons. The van der Waals surface area contributed by atoms with E-state index in [0.717, 1.165) is 18.2 Å². The van der Waals surface area contributed by atoms with Crippen molar-refractivity contribution in [2.75, 3.05) is 31.1 Å². The van der Waals surface area contributed by atoms with E-state index in [4.69, 9.17) is 9.47 Å². The van der Waals surface area contributed by atoms with Crippen LogP contribution in [0.2, 0.25) is 6.82 Å². The second kappa shape index (κ2) is 9.98. The van der Waals surface area contributed by atoms with Crippen molar-refractivity contribution < 1.29 is 32.5 Å². The Morgan fingerprint density at radius 2 is 1.79 bits per heavy atom. The van der Waals surface area contributed by atoms with E-state index in [1.807, 2.05) is 12.1 Å². The summed E-state index contributed by atoms with van der Waals surface area (Å²) in [5, 5.41) is 10.3. The molecule has 1 amide bonds. The molecule has 1 unspecified atom stereocenters. The van der Waals surface area contributed by atoms with Crippen LogP contribution in [0.3, 0.4) is 0 Å². The number of hydrogen-bond acceptors (Lipinski definition) is 5. The molecule has 3 aromatic rings. The topological polar surface area (TPSA) is 62.2 Å². The Morgan fingerprint density at radius 3 is 2.50 bits per heavy atom. The van der Waals surface area contributed by atoms with Gasteiger partial charge in [0, 0.05) is 60.2 Å². The molecule has 3 aliphatic heterocycles. The number of hydrogen-bond donors (Lipinski definition) is 1. The second-order valence-electron chi connectivity index (χ2n) is 11.1. The summed E-state index contributed by atoms with van der Waals surface area (Å²) in [5.74, 6) is 0.496. The number of nitrogens with zero attached hydrogens (tertiary/aromatic N) is 2. The third kappa shape index (κ3) is 4.36. The van der Waals surface area contributed by atoms with E-state index in [-0.39, 0.29) is 28.4 Å². The summed E-state index contributed by atoms with van der Waals surface area (Å²) < 4.78 is 56.9. The normalized spacial score (nSPS) is 19.3. The molecular formula is C32H30BF3N2O4. The van der Waals surface area contributed by atoms with Crippen LogP contribution in [-0.4, -0.2) is 48.9 Å². The lowest BCUT2D eigenvalue weighted by Gasteiger charge is -2.39. The predicted octanol–water partition coefficient (Wildman–Crippen LogP) is 5.54. The van der Waals surface area contributed by atoms with Gasteiger partial charge in [-0.2, -0.15) is 13.2 Å². The van der Waals surface area contributed by atoms with Crippen LogP contribution in [0.4, 0.5) is 18.9 Å². The third-order valence-electron chi connectivity index (χ3n) is 8.23. The molecule has 1 atom stereocenters. The molecule has 0 saturated carbocycles. The lowest BCUT2D eigenvalue weighted by Crippen LogP contribution is -2.38. The van der Waals surface area contributed by atoms with Gasteiger partial charge in [-0.25, -0.2) is 0 Å². The summed E-state index contributed by atoms with van der Waals surface area (Å²) in [6.45, 7) is 12.1. The summed E-state index contributed by atoms with van der Waals surface area (Å²) in [4.78, 5) is 16.4. The van der Waals surface area contributed by atoms with Crippen molar-refractivity contribution in [3.05, 3.63) is 101 Å². The number of fused-ring (bicyclic) bond motifs is 6. The Morgan fingerprint density at radius 1 is 1.02 bits per heavy atom. The first-order valence-corrected chi connectivity index (χ1v) is 13.9. The van der Waals surface area contributed by atoms with E-state index >= 15 is 0 Å². The number of ether oxygens (including phenoxy) is 2. The van der Waals surface area contributed by atoms with Crippen LogP contribution in [0.25, 0.3) is 5.76 Å². The SMILES string of the molecule is C=C(C)C(=O)N1CCCN(c2ccc3c(c2)Oc2cc(B(C)O)cc(C(F)(F)F)c2C32OC(=C)c3ccccc32)CC1. The average Bonchev–Trinajstić information content (AvgIpc) is 3.08. The Balaban J connectivity index is 1.52. The number of carbonyl (C=O) groups excluding carboxylic acids is 1. The zero-order valence-electron chi connectivity index (χ0n) is 23.4. The molecular weight excluding hydrogens is 544 g/mol. The number of anilines is 1. The van der Waals surface area contributed by atoms with Crippen molar-refractivity contribution in [1.29, 1.82) is 0 Å². The first-order chi connectivity index (χ1) is 19.9. The standard InChI is InChI=1S/C32H30BF3N2O4/c1-19(2)30(39)38-13-7-12-37(14-15-38)22-10-11-25-27(18-22)41-28-17-21(33(4)40)16-26(32(34,35)36)29(28)31(25)24-9-6-5-8-23(24)20(3)42-31/h5-6,8-11,16-18,40H,1,3,7,12-15H2,2,4H3. The van der Waals surface area contributed by atoms with E-state index in [2.05, 4.69) is 18.1 Å². The molecule has 42 heavy (non-hydrogen) atoms. The molecule has 6 nitrogen and oxygen atoms in total. The lowest BCUT2D eigenvalue weighted by atomic mass is 9.62. The van der Waals surface area contributed by atoms with Gasteiger partial charge in [-0.1, -0.05) is 50.3 Å². The van der Waals surface area contributed by atoms with Crippen LogP contribution in [0.1, 0.15) is 41.2 Å². The molecule has 0 aliphatic carbocycles. The van der Waals surface area contributed by atoms with Crippen molar-refractivity contribution in [2.24, 2.45) is 0 Å². The summed E-state index contributed by atoms with van der Waals surface area (Å²) in [5.41, 5.74) is 0.174. The molecule has 1 fully saturated rings. The van der Waals surface area contributed by atoms with Gasteiger partial charge in [0.1, 0.15) is 17.3 Å². The molecule has 3 aliphatic rings. The minimum atomic E-state index is -4.76. The Kier molecular flexibility index (Phi) is 6.64. The number of rotatable bonds is 3. The molecule has 0 aromatic heterocycles. The largest absolute Gasteiger partial charge is 0.473 e. The highest BCUT2D eigenvalue weighted by molar-refractivity contribution is 6.64. The van der Waals surface area contributed by atoms with Crippen LogP contribution >= 0.6 is 0 Å². The third-order valence-corrected chi connectivity index (χ3v) is 8.23. The summed E-state index contributed by atoms with van der Waals surface area (Å²) >= 11 is 0. The van der Waals surface area contributed by atoms with Gasteiger partial charge in [-0.15, -0.1) is 0 Å². The predicted molar refractivity (Wildman–Crippen MR) is 156 cm³/mol. The van der Waals surface area contributed by atoms with E-state index < -0.39 is 24.3 Å². The molecule has 1 saturated heterocycles. The Bertz CT molecular complexity index is 1640. The van der Waals surface area contributed by atoms with Crippen molar-refractivity contribution in [3.8, 4) is 11.5 Å². The number of halogens is 3. The van der Waals surface area contributed by atoms with Crippen molar-refractivity contribution in [3.63, 3.8) is 0 Å². The molecule has 3 heterocycles. The second-order valence-corrected chi connectivity index (χ2v) is 11.1. The van der Waals surface area contributed by atoms with E-state index in [0.29, 0.717) is 54.2 Å². The van der Waals surface area contributed by atoms with Crippen LogP contribution in [0, 0.1) is 0 Å². The van der Waals surface area contributed by atoms with Gasteiger partial charge in [0.05, 0.1) is 11.1 Å². The fourth-order valence-corrected chi connectivity index (χ4v) is 6.24. The molecule has 3 aromatic carbocycles. The number of alkyl halides is 3. The van der Waals surface area contributed by atoms with Gasteiger partial charge < -0.3 is 24.3 Å². The van der Waals surface area contributed by atoms with Crippen LogP contribution in [0.15, 0.2) is 73.3 Å². The van der Waals surface area contributed by atoms with Crippen molar-refractivity contribution in [2.45, 2.75) is 31.9 Å². The van der Waals surface area contributed by atoms with E-state index in [1.54, 1.807) is 42.2 Å². The highest BCUT2D eigenvalue weighted by atomic mass is 19.4. The molecule has 10 heteroatoms. The van der Waals surface area contributed by atoms with Gasteiger partial charge in [0.25, 0.3) is 0 Å². The minimum Gasteiger partial charge on any atom is -0.473 e. The fraction of sp³-hybridized carbons (Fsp3) is 0.281. The van der Waals surface area contributed by atoms with Crippen LogP contribution < -0.4 is 15.1 Å². The highest BCUT2D eigenvalue weighted by Gasteiger charge is 2.56.